The van der Waals surface area contributed by atoms with Gasteiger partial charge in [0, 0.05) is 17.7 Å². The fourth-order valence-electron chi connectivity index (χ4n) is 1.55. The van der Waals surface area contributed by atoms with Gasteiger partial charge in [-0.05, 0) is 0 Å². The summed E-state index contributed by atoms with van der Waals surface area (Å²) in [6, 6.07) is 0. The molecule has 0 radical (unpaired) electrons. The first-order chi connectivity index (χ1) is 9.57. The van der Waals surface area contributed by atoms with Gasteiger partial charge in [-0.1, -0.05) is 0 Å². The minimum Gasteiger partial charge on any atom is -0.300 e. The molecule has 0 N–H and O–H groups in total. The van der Waals surface area contributed by atoms with Crippen LogP contribution in [0.2, 0.25) is 0 Å². The Labute approximate surface area is 118 Å². The maximum Gasteiger partial charge on any atom is 0.296 e. The van der Waals surface area contributed by atoms with E-state index in [1.165, 1.54) is 0 Å². The normalized spacial score (nSPS) is 12.0. The van der Waals surface area contributed by atoms with Crippen LogP contribution in [-0.4, -0.2) is 23.2 Å². The molecule has 0 aliphatic heterocycles. The van der Waals surface area contributed by atoms with Gasteiger partial charge in [0.2, 0.25) is 5.82 Å². The van der Waals surface area contributed by atoms with Crippen LogP contribution in [0.15, 0.2) is 5.16 Å². The van der Waals surface area contributed by atoms with E-state index in [4.69, 9.17) is 10.7 Å². The van der Waals surface area contributed by atoms with Crippen LogP contribution in [0.3, 0.4) is 0 Å². The van der Waals surface area contributed by atoms with Gasteiger partial charge in [0.15, 0.2) is 29.1 Å². The average molecular weight is 348 g/mol. The van der Waals surface area contributed by atoms with Crippen molar-refractivity contribution in [2.75, 3.05) is 0 Å². The first-order valence-corrected chi connectivity index (χ1v) is 7.24. The second kappa shape index (κ2) is 4.91. The highest BCUT2D eigenvalue weighted by atomic mass is 35.7. The molecule has 0 bridgehead atoms. The van der Waals surface area contributed by atoms with Crippen molar-refractivity contribution in [3.8, 4) is 11.4 Å². The Morgan fingerprint density at radius 2 is 1.33 bits per heavy atom. The lowest BCUT2D eigenvalue weighted by Gasteiger charge is -2.07. The maximum absolute atomic E-state index is 13.6. The van der Waals surface area contributed by atoms with Gasteiger partial charge in [0.1, 0.15) is 0 Å². The molecule has 0 unspecified atom stereocenters. The summed E-state index contributed by atoms with van der Waals surface area (Å²) in [5.41, 5.74) is -1.41. The number of rotatable bonds is 2. The van der Waals surface area contributed by atoms with Crippen molar-refractivity contribution in [2.24, 2.45) is 7.05 Å². The van der Waals surface area contributed by atoms with Gasteiger partial charge >= 0.3 is 0 Å². The highest BCUT2D eigenvalue weighted by molar-refractivity contribution is 8.13. The van der Waals surface area contributed by atoms with E-state index in [1.54, 1.807) is 0 Å². The third-order valence-corrected chi connectivity index (χ3v) is 3.69. The zero-order valence-electron chi connectivity index (χ0n) is 9.83. The van der Waals surface area contributed by atoms with E-state index in [-0.39, 0.29) is 0 Å². The van der Waals surface area contributed by atoms with Crippen LogP contribution in [-0.2, 0) is 16.1 Å². The van der Waals surface area contributed by atoms with E-state index in [9.17, 15) is 30.4 Å². The summed E-state index contributed by atoms with van der Waals surface area (Å²) in [6.07, 6.45) is 0. The minimum atomic E-state index is -4.42. The van der Waals surface area contributed by atoms with E-state index in [0.717, 1.165) is 7.05 Å². The van der Waals surface area contributed by atoms with Crippen LogP contribution in [0, 0.1) is 29.1 Å². The molecular formula is C9H3ClF5N3O2S. The Morgan fingerprint density at radius 3 is 1.71 bits per heavy atom. The van der Waals surface area contributed by atoms with Gasteiger partial charge < -0.3 is 0 Å². The van der Waals surface area contributed by atoms with Gasteiger partial charge in [-0.25, -0.2) is 30.4 Å². The molecule has 114 valence electrons. The number of nitrogens with zero attached hydrogens (tertiary/aromatic N) is 3. The van der Waals surface area contributed by atoms with Crippen LogP contribution in [0.1, 0.15) is 0 Å². The predicted molar refractivity (Wildman–Crippen MR) is 59.3 cm³/mol. The molecule has 2 aromatic rings. The van der Waals surface area contributed by atoms with Crippen molar-refractivity contribution in [2.45, 2.75) is 5.16 Å². The standard InChI is InChI=1S/C9H3ClF5N3O2S/c1-18-8(16-17-9(18)21(10,19)20)2-3(11)5(13)7(15)6(14)4(2)12/h1H3. The molecular weight excluding hydrogens is 345 g/mol. The van der Waals surface area contributed by atoms with E-state index in [1.807, 2.05) is 0 Å². The largest absolute Gasteiger partial charge is 0.300 e. The molecule has 0 aliphatic rings. The fraction of sp³-hybridized carbons (Fsp3) is 0.111. The third-order valence-electron chi connectivity index (χ3n) is 2.49. The molecule has 21 heavy (non-hydrogen) atoms. The van der Waals surface area contributed by atoms with Gasteiger partial charge in [-0.2, -0.15) is 0 Å². The SMILES string of the molecule is Cn1c(-c2c(F)c(F)c(F)c(F)c2F)nnc1S(=O)(=O)Cl. The number of aromatic nitrogens is 3. The van der Waals surface area contributed by atoms with Gasteiger partial charge in [-0.15, -0.1) is 10.2 Å². The lowest BCUT2D eigenvalue weighted by atomic mass is 10.1. The zero-order valence-corrected chi connectivity index (χ0v) is 11.4. The van der Waals surface area contributed by atoms with Crippen LogP contribution < -0.4 is 0 Å². The van der Waals surface area contributed by atoms with Crippen molar-refractivity contribution >= 4 is 19.7 Å². The maximum atomic E-state index is 13.6. The monoisotopic (exact) mass is 347 g/mol. The smallest absolute Gasteiger partial charge is 0.296 e. The molecule has 5 nitrogen and oxygen atoms in total. The molecule has 12 heteroatoms. The van der Waals surface area contributed by atoms with Gasteiger partial charge in [0.05, 0.1) is 5.56 Å². The van der Waals surface area contributed by atoms with Crippen LogP contribution >= 0.6 is 10.7 Å². The van der Waals surface area contributed by atoms with Gasteiger partial charge in [0.25, 0.3) is 14.2 Å². The Morgan fingerprint density at radius 1 is 0.905 bits per heavy atom. The molecule has 1 heterocycles. The summed E-state index contributed by atoms with van der Waals surface area (Å²) in [7, 11) is 1.50. The Kier molecular flexibility index (Phi) is 3.66. The molecule has 1 aromatic heterocycles. The van der Waals surface area contributed by atoms with Crippen molar-refractivity contribution in [1.29, 1.82) is 0 Å². The third kappa shape index (κ3) is 2.35. The molecule has 0 amide bonds. The summed E-state index contributed by atoms with van der Waals surface area (Å²) in [6.45, 7) is 0. The second-order valence-corrected chi connectivity index (χ2v) is 6.21. The molecule has 0 saturated heterocycles. The summed E-state index contributed by atoms with van der Waals surface area (Å²) in [5, 5.41) is 5.23. The number of halogens is 6. The summed E-state index contributed by atoms with van der Waals surface area (Å²) in [4.78, 5) is 0. The van der Waals surface area contributed by atoms with Crippen molar-refractivity contribution < 1.29 is 30.4 Å². The highest BCUT2D eigenvalue weighted by Crippen LogP contribution is 2.31. The topological polar surface area (TPSA) is 64.8 Å². The molecule has 0 fully saturated rings. The first kappa shape index (κ1) is 15.6. The molecule has 1 aromatic carbocycles. The second-order valence-electron chi connectivity index (χ2n) is 3.75. The van der Waals surface area contributed by atoms with Crippen molar-refractivity contribution in [3.63, 3.8) is 0 Å². The average Bonchev–Trinajstić information content (AvgIpc) is 2.76. The summed E-state index contributed by atoms with van der Waals surface area (Å²) in [5.74, 6) is -12.0. The van der Waals surface area contributed by atoms with Crippen LogP contribution in [0.5, 0.6) is 0 Å². The fourth-order valence-corrected chi connectivity index (χ4v) is 2.50. The highest BCUT2D eigenvalue weighted by Gasteiger charge is 2.31. The Balaban J connectivity index is 2.84. The molecule has 0 aliphatic carbocycles. The van der Waals surface area contributed by atoms with E-state index in [2.05, 4.69) is 10.2 Å². The van der Waals surface area contributed by atoms with Crippen molar-refractivity contribution in [3.05, 3.63) is 29.1 Å². The lowest BCUT2D eigenvalue weighted by molar-refractivity contribution is 0.380. The molecule has 2 rings (SSSR count). The molecule has 0 spiro atoms. The predicted octanol–water partition coefficient (Wildman–Crippen LogP) is 2.11. The number of hydrogen-bond acceptors (Lipinski definition) is 4. The van der Waals surface area contributed by atoms with Crippen LogP contribution in [0.4, 0.5) is 22.0 Å². The Bertz CT molecular complexity index is 823. The van der Waals surface area contributed by atoms with Gasteiger partial charge in [-0.3, -0.25) is 4.57 Å². The Hall–Kier alpha value is -1.75. The number of hydrogen-bond donors (Lipinski definition) is 0. The van der Waals surface area contributed by atoms with Crippen molar-refractivity contribution in [1.82, 2.24) is 14.8 Å². The van der Waals surface area contributed by atoms with E-state index < -0.39 is 54.7 Å². The quantitative estimate of drug-likeness (QED) is 0.361. The molecule has 0 atom stereocenters. The van der Waals surface area contributed by atoms with Crippen LogP contribution in [0.25, 0.3) is 11.4 Å². The summed E-state index contributed by atoms with van der Waals surface area (Å²) >= 11 is 0. The summed E-state index contributed by atoms with van der Waals surface area (Å²) < 4.78 is 89.0. The number of benzene rings is 1. The van der Waals surface area contributed by atoms with E-state index >= 15 is 0 Å². The zero-order chi connectivity index (χ0) is 16.1. The van der Waals surface area contributed by atoms with E-state index in [0.29, 0.717) is 4.57 Å². The minimum absolute atomic E-state index is 0.487. The lowest BCUT2D eigenvalue weighted by Crippen LogP contribution is -2.08. The first-order valence-electron chi connectivity index (χ1n) is 4.93. The molecule has 0 saturated carbocycles.